The van der Waals surface area contributed by atoms with Crippen molar-refractivity contribution in [2.75, 3.05) is 33.4 Å². The number of ether oxygens (including phenoxy) is 1. The highest BCUT2D eigenvalue weighted by Gasteiger charge is 2.38. The first kappa shape index (κ1) is 31.2. The van der Waals surface area contributed by atoms with Crippen LogP contribution in [0.15, 0.2) is 12.3 Å². The summed E-state index contributed by atoms with van der Waals surface area (Å²) in [6, 6.07) is 1.62. The average Bonchev–Trinajstić information content (AvgIpc) is 2.86. The summed E-state index contributed by atoms with van der Waals surface area (Å²) in [6.07, 6.45) is 1.88. The molecule has 1 amide bonds. The minimum absolute atomic E-state index is 0.00639. The van der Waals surface area contributed by atoms with E-state index in [4.69, 9.17) is 9.57 Å². The quantitative estimate of drug-likeness (QED) is 0.437. The average molecular weight is 505 g/mol. The second kappa shape index (κ2) is 16.0. The summed E-state index contributed by atoms with van der Waals surface area (Å²) in [5, 5.41) is 3.51. The van der Waals surface area contributed by atoms with Crippen LogP contribution >= 0.6 is 0 Å². The molecule has 0 radical (unpaired) electrons. The molecule has 0 aromatic carbocycles. The number of pyridine rings is 1. The number of carbonyl (C=O) groups excluding carboxylic acids is 1. The maximum atomic E-state index is 13.2. The molecule has 0 spiro atoms. The second-order valence-electron chi connectivity index (χ2n) is 8.81. The molecule has 2 aliphatic heterocycles. The topological polar surface area (TPSA) is 54.7 Å². The molecule has 0 unspecified atom stereocenters. The molecule has 0 aliphatic carbocycles. The summed E-state index contributed by atoms with van der Waals surface area (Å²) in [5.41, 5.74) is 0.396. The first-order valence-electron chi connectivity index (χ1n) is 13.0. The van der Waals surface area contributed by atoms with E-state index in [0.717, 1.165) is 57.7 Å². The number of nitrogens with one attached hydrogen (secondary N) is 1. The molecule has 3 heterocycles. The molecule has 1 aromatic rings. The van der Waals surface area contributed by atoms with E-state index in [2.05, 4.69) is 19.2 Å². The van der Waals surface area contributed by atoms with E-state index >= 15 is 0 Å². The van der Waals surface area contributed by atoms with Crippen molar-refractivity contribution in [1.82, 2.24) is 10.2 Å². The number of aromatic nitrogens is 1. The van der Waals surface area contributed by atoms with Crippen LogP contribution in [-0.4, -0.2) is 50.3 Å². The lowest BCUT2D eigenvalue weighted by Gasteiger charge is -2.29. The third kappa shape index (κ3) is 9.95. The lowest BCUT2D eigenvalue weighted by Crippen LogP contribution is -2.50. The number of nitrogens with zero attached hydrogens (tertiary/aromatic N) is 2. The number of rotatable bonds is 7. The number of fused-ring (bicyclic) bond motifs is 1. The van der Waals surface area contributed by atoms with Gasteiger partial charge >= 0.3 is 6.18 Å². The van der Waals surface area contributed by atoms with Crippen LogP contribution in [-0.2, 0) is 28.7 Å². The molecule has 0 bridgehead atoms. The Labute approximate surface area is 209 Å². The van der Waals surface area contributed by atoms with Crippen molar-refractivity contribution in [2.24, 2.45) is 5.92 Å². The molecular formula is C26H45F3N3O3+. The van der Waals surface area contributed by atoms with Crippen molar-refractivity contribution >= 4 is 5.91 Å². The van der Waals surface area contributed by atoms with Gasteiger partial charge in [-0.05, 0) is 38.3 Å². The third-order valence-electron chi connectivity index (χ3n) is 5.93. The molecule has 3 rings (SSSR count). The number of hydrogen-bond donors (Lipinski definition) is 1. The van der Waals surface area contributed by atoms with Crippen LogP contribution in [0.1, 0.15) is 83.5 Å². The lowest BCUT2D eigenvalue weighted by atomic mass is 9.99. The lowest BCUT2D eigenvalue weighted by molar-refractivity contribution is -0.891. The Morgan fingerprint density at radius 1 is 1.29 bits per heavy atom. The number of amides is 1. The van der Waals surface area contributed by atoms with Gasteiger partial charge in [-0.15, -0.1) is 0 Å². The smallest absolute Gasteiger partial charge is 0.381 e. The minimum atomic E-state index is -4.47. The highest BCUT2D eigenvalue weighted by atomic mass is 19.4. The minimum Gasteiger partial charge on any atom is -0.381 e. The van der Waals surface area contributed by atoms with Gasteiger partial charge in [0.2, 0.25) is 17.8 Å². The highest BCUT2D eigenvalue weighted by molar-refractivity contribution is 5.78. The predicted molar refractivity (Wildman–Crippen MR) is 131 cm³/mol. The predicted octanol–water partition coefficient (Wildman–Crippen LogP) is 4.56. The summed E-state index contributed by atoms with van der Waals surface area (Å²) in [7, 11) is 1.34. The standard InChI is InChI=1S/C21H31F3N3O3.C3H8.C2H6/c1-15(4-3-8-25-18-6-10-30-11-7-18)20(28)26-9-5-19-16(13-26)12-17(21(22,23)24)14-27(19)29-2;1-3-2;1-2/h12,14-15,18,25H,3-11,13H2,1-2H3;3H2,1-2H3;1-2H3/q+1;;/t15-;;/m1../s1. The summed E-state index contributed by atoms with van der Waals surface area (Å²) in [4.78, 5) is 19.6. The number of hydrogen-bond acceptors (Lipinski definition) is 4. The van der Waals surface area contributed by atoms with Crippen LogP contribution in [0.2, 0.25) is 0 Å². The van der Waals surface area contributed by atoms with Crippen LogP contribution in [0.5, 0.6) is 0 Å². The summed E-state index contributed by atoms with van der Waals surface area (Å²) >= 11 is 0. The van der Waals surface area contributed by atoms with E-state index in [1.54, 1.807) is 4.90 Å². The number of halogens is 3. The first-order valence-corrected chi connectivity index (χ1v) is 13.0. The molecule has 1 N–H and O–H groups in total. The summed E-state index contributed by atoms with van der Waals surface area (Å²) in [5.74, 6) is -0.170. The Morgan fingerprint density at radius 3 is 2.49 bits per heavy atom. The van der Waals surface area contributed by atoms with Gasteiger partial charge in [0.05, 0.1) is 13.0 Å². The van der Waals surface area contributed by atoms with Crippen LogP contribution in [0.25, 0.3) is 0 Å². The van der Waals surface area contributed by atoms with Crippen molar-refractivity contribution in [3.63, 3.8) is 0 Å². The molecule has 9 heteroatoms. The van der Waals surface area contributed by atoms with Gasteiger partial charge < -0.3 is 15.0 Å². The summed E-state index contributed by atoms with van der Waals surface area (Å²) in [6.45, 7) is 13.2. The molecule has 6 nitrogen and oxygen atoms in total. The molecule has 35 heavy (non-hydrogen) atoms. The molecule has 1 saturated heterocycles. The molecular weight excluding hydrogens is 459 g/mol. The molecule has 202 valence electrons. The van der Waals surface area contributed by atoms with Crippen molar-refractivity contribution in [1.29, 1.82) is 0 Å². The molecule has 1 fully saturated rings. The maximum Gasteiger partial charge on any atom is 0.422 e. The fourth-order valence-electron chi connectivity index (χ4n) is 4.14. The van der Waals surface area contributed by atoms with Crippen molar-refractivity contribution < 1.29 is 32.3 Å². The van der Waals surface area contributed by atoms with Crippen LogP contribution in [0, 0.1) is 5.92 Å². The first-order chi connectivity index (χ1) is 16.7. The van der Waals surface area contributed by atoms with Gasteiger partial charge in [-0.1, -0.05) is 41.0 Å². The summed E-state index contributed by atoms with van der Waals surface area (Å²) < 4.78 is 46.1. The molecule has 0 saturated carbocycles. The van der Waals surface area contributed by atoms with Gasteiger partial charge in [0.25, 0.3) is 0 Å². The van der Waals surface area contributed by atoms with E-state index in [0.29, 0.717) is 30.3 Å². The molecule has 1 atom stereocenters. The fraction of sp³-hybridized carbons (Fsp3) is 0.769. The van der Waals surface area contributed by atoms with Crippen molar-refractivity contribution in [2.45, 2.75) is 91.9 Å². The van der Waals surface area contributed by atoms with E-state index in [1.165, 1.54) is 18.3 Å². The van der Waals surface area contributed by atoms with E-state index in [-0.39, 0.29) is 18.4 Å². The molecule has 1 aromatic heterocycles. The van der Waals surface area contributed by atoms with Gasteiger partial charge in [-0.3, -0.25) is 9.63 Å². The van der Waals surface area contributed by atoms with Crippen molar-refractivity contribution in [3.05, 3.63) is 29.1 Å². The molecule has 2 aliphatic rings. The number of alkyl halides is 3. The Balaban J connectivity index is 0.00000114. The van der Waals surface area contributed by atoms with Gasteiger partial charge in [0.1, 0.15) is 12.7 Å². The van der Waals surface area contributed by atoms with E-state index in [9.17, 15) is 18.0 Å². The Bertz CT molecular complexity index is 753. The Morgan fingerprint density at radius 2 is 1.91 bits per heavy atom. The van der Waals surface area contributed by atoms with Gasteiger partial charge in [-0.2, -0.15) is 13.2 Å². The second-order valence-corrected chi connectivity index (χ2v) is 8.81. The van der Waals surface area contributed by atoms with Crippen molar-refractivity contribution in [3.8, 4) is 0 Å². The Kier molecular flexibility index (Phi) is 14.2. The third-order valence-corrected chi connectivity index (χ3v) is 5.93. The number of carbonyl (C=O) groups is 1. The zero-order chi connectivity index (χ0) is 26.4. The van der Waals surface area contributed by atoms with Crippen LogP contribution < -0.4 is 14.9 Å². The van der Waals surface area contributed by atoms with Crippen LogP contribution in [0.3, 0.4) is 0 Å². The van der Waals surface area contributed by atoms with Gasteiger partial charge in [0, 0.05) is 42.0 Å². The van der Waals surface area contributed by atoms with Gasteiger partial charge in [-0.25, -0.2) is 0 Å². The highest BCUT2D eigenvalue weighted by Crippen LogP contribution is 2.30. The zero-order valence-corrected chi connectivity index (χ0v) is 22.3. The zero-order valence-electron chi connectivity index (χ0n) is 22.3. The fourth-order valence-corrected chi connectivity index (χ4v) is 4.14. The normalized spacial score (nSPS) is 16.8. The van der Waals surface area contributed by atoms with E-state index in [1.807, 2.05) is 20.8 Å². The maximum absolute atomic E-state index is 13.2. The largest absolute Gasteiger partial charge is 0.422 e. The van der Waals surface area contributed by atoms with E-state index < -0.39 is 11.7 Å². The monoisotopic (exact) mass is 504 g/mol. The van der Waals surface area contributed by atoms with Gasteiger partial charge in [0.15, 0.2) is 0 Å². The Hall–Kier alpha value is -1.87. The SMILES string of the molecule is CC.CCC.CO[n+]1cc(C(F)(F)F)cc2c1CCN(C(=O)[C@H](C)CCCNC1CCOCC1)C2. The van der Waals surface area contributed by atoms with Crippen LogP contribution in [0.4, 0.5) is 13.2 Å².